The number of rotatable bonds is 5. The molecule has 0 amide bonds. The van der Waals surface area contributed by atoms with Crippen LogP contribution in [0, 0.1) is 10.1 Å². The minimum Gasteiger partial charge on any atom is -0.393 e. The Morgan fingerprint density at radius 1 is 1.69 bits per heavy atom. The van der Waals surface area contributed by atoms with Gasteiger partial charge in [0.05, 0.1) is 11.0 Å². The van der Waals surface area contributed by atoms with Gasteiger partial charge in [-0.1, -0.05) is 0 Å². The van der Waals surface area contributed by atoms with Crippen LogP contribution in [0.1, 0.15) is 13.3 Å². The Kier molecular flexibility index (Phi) is 4.19. The van der Waals surface area contributed by atoms with Crippen LogP contribution in [0.5, 0.6) is 0 Å². The van der Waals surface area contributed by atoms with Crippen molar-refractivity contribution in [3.63, 3.8) is 0 Å². The molecule has 0 spiro atoms. The van der Waals surface area contributed by atoms with Gasteiger partial charge in [-0.05, 0) is 19.4 Å². The number of nitrogens with zero attached hydrogens (tertiary/aromatic N) is 3. The lowest BCUT2D eigenvalue weighted by molar-refractivity contribution is -0.384. The van der Waals surface area contributed by atoms with Crippen molar-refractivity contribution in [1.29, 1.82) is 0 Å². The molecule has 1 N–H and O–H groups in total. The highest BCUT2D eigenvalue weighted by atomic mass is 16.6. The van der Waals surface area contributed by atoms with Crippen LogP contribution >= 0.6 is 0 Å². The topological polar surface area (TPSA) is 79.5 Å². The minimum absolute atomic E-state index is 0.0180. The third-order valence-corrected chi connectivity index (χ3v) is 2.27. The molecule has 0 saturated heterocycles. The number of anilines is 1. The van der Waals surface area contributed by atoms with Gasteiger partial charge in [0.25, 0.3) is 0 Å². The van der Waals surface area contributed by atoms with Gasteiger partial charge in [0, 0.05) is 19.8 Å². The third-order valence-electron chi connectivity index (χ3n) is 2.27. The lowest BCUT2D eigenvalue weighted by Gasteiger charge is -2.19. The Morgan fingerprint density at radius 2 is 2.38 bits per heavy atom. The highest BCUT2D eigenvalue weighted by Gasteiger charge is 2.16. The first-order valence-electron chi connectivity index (χ1n) is 5.00. The van der Waals surface area contributed by atoms with Crippen molar-refractivity contribution in [2.75, 3.05) is 18.5 Å². The molecule has 6 heteroatoms. The molecule has 1 aromatic rings. The van der Waals surface area contributed by atoms with Gasteiger partial charge in [0.2, 0.25) is 0 Å². The van der Waals surface area contributed by atoms with Crippen LogP contribution < -0.4 is 4.90 Å². The molecule has 0 aliphatic carbocycles. The van der Waals surface area contributed by atoms with E-state index in [0.717, 1.165) is 0 Å². The summed E-state index contributed by atoms with van der Waals surface area (Å²) in [6.45, 7) is 2.25. The van der Waals surface area contributed by atoms with Crippen molar-refractivity contribution in [3.8, 4) is 0 Å². The number of hydrogen-bond acceptors (Lipinski definition) is 5. The smallest absolute Gasteiger partial charge is 0.310 e. The number of hydrogen-bond donors (Lipinski definition) is 1. The molecule has 88 valence electrons. The second-order valence-corrected chi connectivity index (χ2v) is 3.68. The van der Waals surface area contributed by atoms with E-state index in [9.17, 15) is 10.1 Å². The third kappa shape index (κ3) is 3.16. The number of aliphatic hydroxyl groups is 1. The van der Waals surface area contributed by atoms with E-state index in [4.69, 9.17) is 5.11 Å². The van der Waals surface area contributed by atoms with E-state index in [1.165, 1.54) is 12.4 Å². The summed E-state index contributed by atoms with van der Waals surface area (Å²) >= 11 is 0. The Bertz CT molecular complexity index is 368. The van der Waals surface area contributed by atoms with Gasteiger partial charge in [-0.3, -0.25) is 15.1 Å². The zero-order chi connectivity index (χ0) is 12.1. The van der Waals surface area contributed by atoms with Gasteiger partial charge < -0.3 is 10.0 Å². The van der Waals surface area contributed by atoms with Crippen LogP contribution in [0.2, 0.25) is 0 Å². The largest absolute Gasteiger partial charge is 0.393 e. The Morgan fingerprint density at radius 3 is 2.94 bits per heavy atom. The van der Waals surface area contributed by atoms with Crippen LogP contribution in [-0.4, -0.2) is 34.7 Å². The number of aromatic nitrogens is 1. The molecule has 0 radical (unpaired) electrons. The summed E-state index contributed by atoms with van der Waals surface area (Å²) in [6, 6.07) is 1.60. The maximum atomic E-state index is 10.8. The highest BCUT2D eigenvalue weighted by molar-refractivity contribution is 5.61. The zero-order valence-corrected chi connectivity index (χ0v) is 9.33. The molecule has 1 unspecified atom stereocenters. The van der Waals surface area contributed by atoms with E-state index < -0.39 is 11.0 Å². The average Bonchev–Trinajstić information content (AvgIpc) is 2.25. The standard InChI is InChI=1S/C10H15N3O3/c1-8(14)4-6-12(2)9-3-5-11-7-10(9)13(15)16/h3,5,7-8,14H,4,6H2,1-2H3. The first kappa shape index (κ1) is 12.4. The molecule has 1 atom stereocenters. The highest BCUT2D eigenvalue weighted by Crippen LogP contribution is 2.25. The van der Waals surface area contributed by atoms with E-state index >= 15 is 0 Å². The van der Waals surface area contributed by atoms with Gasteiger partial charge in [-0.15, -0.1) is 0 Å². The number of pyridine rings is 1. The van der Waals surface area contributed by atoms with Crippen molar-refractivity contribution in [2.24, 2.45) is 0 Å². The molecule has 1 aromatic heterocycles. The fourth-order valence-electron chi connectivity index (χ4n) is 1.34. The molecule has 1 rings (SSSR count). The Labute approximate surface area is 93.7 Å². The molecule has 16 heavy (non-hydrogen) atoms. The quantitative estimate of drug-likeness (QED) is 0.601. The van der Waals surface area contributed by atoms with E-state index in [1.54, 1.807) is 24.9 Å². The van der Waals surface area contributed by atoms with Crippen molar-refractivity contribution in [2.45, 2.75) is 19.4 Å². The molecule has 0 fully saturated rings. The second kappa shape index (κ2) is 5.41. The predicted octanol–water partition coefficient (Wildman–Crippen LogP) is 1.20. The van der Waals surface area contributed by atoms with Gasteiger partial charge in [-0.2, -0.15) is 0 Å². The molecular weight excluding hydrogens is 210 g/mol. The van der Waals surface area contributed by atoms with E-state index in [0.29, 0.717) is 18.7 Å². The van der Waals surface area contributed by atoms with Crippen molar-refractivity contribution >= 4 is 11.4 Å². The van der Waals surface area contributed by atoms with Gasteiger partial charge in [0.1, 0.15) is 11.9 Å². The fourth-order valence-corrected chi connectivity index (χ4v) is 1.34. The molecule has 0 aromatic carbocycles. The normalized spacial score (nSPS) is 12.2. The fraction of sp³-hybridized carbons (Fsp3) is 0.500. The lowest BCUT2D eigenvalue weighted by atomic mass is 10.2. The van der Waals surface area contributed by atoms with Crippen molar-refractivity contribution < 1.29 is 10.0 Å². The average molecular weight is 225 g/mol. The lowest BCUT2D eigenvalue weighted by Crippen LogP contribution is -2.22. The second-order valence-electron chi connectivity index (χ2n) is 3.68. The van der Waals surface area contributed by atoms with Crippen LogP contribution in [0.3, 0.4) is 0 Å². The molecular formula is C10H15N3O3. The summed E-state index contributed by atoms with van der Waals surface area (Å²) < 4.78 is 0. The number of aliphatic hydroxyl groups excluding tert-OH is 1. The van der Waals surface area contributed by atoms with E-state index in [2.05, 4.69) is 4.98 Å². The summed E-state index contributed by atoms with van der Waals surface area (Å²) in [5, 5.41) is 19.9. The van der Waals surface area contributed by atoms with Crippen molar-refractivity contribution in [1.82, 2.24) is 4.98 Å². The molecule has 6 nitrogen and oxygen atoms in total. The Hall–Kier alpha value is -1.69. The summed E-state index contributed by atoms with van der Waals surface area (Å²) in [5.41, 5.74) is 0.497. The minimum atomic E-state index is -0.457. The monoisotopic (exact) mass is 225 g/mol. The number of nitro groups is 1. The van der Waals surface area contributed by atoms with Gasteiger partial charge >= 0.3 is 5.69 Å². The van der Waals surface area contributed by atoms with Crippen LogP contribution in [0.4, 0.5) is 11.4 Å². The maximum Gasteiger partial charge on any atom is 0.310 e. The summed E-state index contributed by atoms with van der Waals surface area (Å²) in [4.78, 5) is 15.8. The van der Waals surface area contributed by atoms with Crippen LogP contribution in [0.25, 0.3) is 0 Å². The van der Waals surface area contributed by atoms with Crippen LogP contribution in [0.15, 0.2) is 18.5 Å². The molecule has 0 saturated carbocycles. The van der Waals surface area contributed by atoms with Gasteiger partial charge in [-0.25, -0.2) is 0 Å². The molecule has 0 bridgehead atoms. The zero-order valence-electron chi connectivity index (χ0n) is 9.33. The summed E-state index contributed by atoms with van der Waals surface area (Å²) in [5.74, 6) is 0. The summed E-state index contributed by atoms with van der Waals surface area (Å²) in [7, 11) is 1.75. The van der Waals surface area contributed by atoms with Crippen molar-refractivity contribution in [3.05, 3.63) is 28.6 Å². The predicted molar refractivity (Wildman–Crippen MR) is 60.5 cm³/mol. The first-order chi connectivity index (χ1) is 7.52. The van der Waals surface area contributed by atoms with Crippen LogP contribution in [-0.2, 0) is 0 Å². The van der Waals surface area contributed by atoms with E-state index in [1.807, 2.05) is 0 Å². The SMILES string of the molecule is CC(O)CCN(C)c1ccncc1[N+](=O)[O-]. The maximum absolute atomic E-state index is 10.8. The molecule has 1 heterocycles. The summed E-state index contributed by atoms with van der Waals surface area (Å²) in [6.07, 6.45) is 2.90. The Balaban J connectivity index is 2.82. The molecule has 0 aliphatic heterocycles. The molecule has 0 aliphatic rings. The van der Waals surface area contributed by atoms with E-state index in [-0.39, 0.29) is 5.69 Å². The first-order valence-corrected chi connectivity index (χ1v) is 5.00. The van der Waals surface area contributed by atoms with Gasteiger partial charge in [0.15, 0.2) is 0 Å².